The van der Waals surface area contributed by atoms with Crippen LogP contribution in [-0.4, -0.2) is 17.6 Å². The number of methoxy groups -OCH3 is 1. The number of nitrogens with two attached hydrogens (primary N) is 1. The Morgan fingerprint density at radius 2 is 1.89 bits per heavy atom. The Hall–Kier alpha value is -3.62. The van der Waals surface area contributed by atoms with E-state index in [0.717, 1.165) is 32.9 Å². The summed E-state index contributed by atoms with van der Waals surface area (Å²) in [6, 6.07) is 21.4. The van der Waals surface area contributed by atoms with Crippen LogP contribution in [0.3, 0.4) is 0 Å². The number of rotatable bonds is 5. The zero-order chi connectivity index (χ0) is 19.7. The number of carbonyl (C=O) groups is 1. The van der Waals surface area contributed by atoms with E-state index in [2.05, 4.69) is 16.7 Å². The molecule has 3 aromatic carbocycles. The third-order valence-corrected chi connectivity index (χ3v) is 4.93. The van der Waals surface area contributed by atoms with Gasteiger partial charge in [-0.1, -0.05) is 30.3 Å². The summed E-state index contributed by atoms with van der Waals surface area (Å²) >= 11 is 0. The Bertz CT molecular complexity index is 1250. The van der Waals surface area contributed by atoms with E-state index in [1.807, 2.05) is 42.5 Å². The molecule has 138 valence electrons. The van der Waals surface area contributed by atoms with E-state index < -0.39 is 5.91 Å². The first-order chi connectivity index (χ1) is 13.6. The SMILES string of the molecule is COCc1ccc2c3c(C(N)=O)cccc3n(Cc3cccc(C#N)c3)c2c1. The number of primary amides is 1. The molecule has 0 bridgehead atoms. The topological polar surface area (TPSA) is 81.0 Å². The van der Waals surface area contributed by atoms with E-state index in [0.29, 0.717) is 24.3 Å². The van der Waals surface area contributed by atoms with Crippen molar-refractivity contribution < 1.29 is 9.53 Å². The average molecular weight is 369 g/mol. The van der Waals surface area contributed by atoms with Gasteiger partial charge in [-0.25, -0.2) is 0 Å². The van der Waals surface area contributed by atoms with Gasteiger partial charge in [-0.05, 0) is 41.5 Å². The second kappa shape index (κ2) is 7.18. The van der Waals surface area contributed by atoms with Gasteiger partial charge in [0.2, 0.25) is 5.91 Å². The lowest BCUT2D eigenvalue weighted by molar-refractivity contribution is 0.100. The molecular formula is C23H19N3O2. The quantitative estimate of drug-likeness (QED) is 0.578. The fourth-order valence-electron chi connectivity index (χ4n) is 3.74. The number of nitrogens with zero attached hydrogens (tertiary/aromatic N) is 2. The molecule has 1 amide bonds. The molecule has 28 heavy (non-hydrogen) atoms. The Morgan fingerprint density at radius 3 is 2.64 bits per heavy atom. The highest BCUT2D eigenvalue weighted by Gasteiger charge is 2.17. The van der Waals surface area contributed by atoms with Crippen LogP contribution in [0, 0.1) is 11.3 Å². The second-order valence-electron chi connectivity index (χ2n) is 6.75. The normalized spacial score (nSPS) is 11.0. The first-order valence-corrected chi connectivity index (χ1v) is 8.94. The van der Waals surface area contributed by atoms with Crippen molar-refractivity contribution in [2.24, 2.45) is 5.73 Å². The smallest absolute Gasteiger partial charge is 0.249 e. The number of hydrogen-bond acceptors (Lipinski definition) is 3. The van der Waals surface area contributed by atoms with Gasteiger partial charge in [0.05, 0.1) is 23.8 Å². The van der Waals surface area contributed by atoms with Crippen LogP contribution in [0.2, 0.25) is 0 Å². The van der Waals surface area contributed by atoms with E-state index >= 15 is 0 Å². The van der Waals surface area contributed by atoms with Gasteiger partial charge < -0.3 is 15.0 Å². The minimum Gasteiger partial charge on any atom is -0.380 e. The van der Waals surface area contributed by atoms with E-state index in [-0.39, 0.29) is 0 Å². The summed E-state index contributed by atoms with van der Waals surface area (Å²) in [6.07, 6.45) is 0. The summed E-state index contributed by atoms with van der Waals surface area (Å²) in [4.78, 5) is 12.0. The molecule has 1 aromatic heterocycles. The first-order valence-electron chi connectivity index (χ1n) is 8.94. The summed E-state index contributed by atoms with van der Waals surface area (Å²) < 4.78 is 7.44. The molecule has 4 rings (SSSR count). The maximum Gasteiger partial charge on any atom is 0.249 e. The summed E-state index contributed by atoms with van der Waals surface area (Å²) in [5, 5.41) is 11.0. The molecule has 4 aromatic rings. The van der Waals surface area contributed by atoms with Crippen molar-refractivity contribution in [2.45, 2.75) is 13.2 Å². The molecule has 0 aliphatic rings. The van der Waals surface area contributed by atoms with Gasteiger partial charge >= 0.3 is 0 Å². The molecule has 5 heteroatoms. The van der Waals surface area contributed by atoms with Crippen LogP contribution in [0.4, 0.5) is 0 Å². The molecule has 5 nitrogen and oxygen atoms in total. The number of aromatic nitrogens is 1. The molecule has 2 N–H and O–H groups in total. The Labute approximate surface area is 162 Å². The molecule has 0 radical (unpaired) electrons. The number of fused-ring (bicyclic) bond motifs is 3. The maximum atomic E-state index is 12.0. The number of amides is 1. The molecule has 0 spiro atoms. The third-order valence-electron chi connectivity index (χ3n) is 4.93. The first kappa shape index (κ1) is 17.8. The van der Waals surface area contributed by atoms with Crippen LogP contribution < -0.4 is 5.73 Å². The van der Waals surface area contributed by atoms with E-state index in [4.69, 9.17) is 10.5 Å². The minimum absolute atomic E-state index is 0.447. The van der Waals surface area contributed by atoms with Crippen LogP contribution in [0.5, 0.6) is 0 Å². The largest absolute Gasteiger partial charge is 0.380 e. The molecule has 0 saturated carbocycles. The van der Waals surface area contributed by atoms with Gasteiger partial charge in [0.25, 0.3) is 0 Å². The van der Waals surface area contributed by atoms with E-state index in [1.54, 1.807) is 19.2 Å². The van der Waals surface area contributed by atoms with Crippen molar-refractivity contribution in [2.75, 3.05) is 7.11 Å². The van der Waals surface area contributed by atoms with Crippen molar-refractivity contribution >= 4 is 27.7 Å². The second-order valence-corrected chi connectivity index (χ2v) is 6.75. The van der Waals surface area contributed by atoms with Crippen molar-refractivity contribution in [3.05, 3.63) is 82.9 Å². The van der Waals surface area contributed by atoms with Crippen LogP contribution in [0.15, 0.2) is 60.7 Å². The molecule has 0 aliphatic heterocycles. The Kier molecular flexibility index (Phi) is 4.56. The lowest BCUT2D eigenvalue weighted by Crippen LogP contribution is -2.11. The lowest BCUT2D eigenvalue weighted by Gasteiger charge is -2.09. The van der Waals surface area contributed by atoms with Gasteiger partial charge in [0.1, 0.15) is 0 Å². The standard InChI is InChI=1S/C23H19N3O2/c1-28-14-17-8-9-18-21(11-17)26(13-16-5-2-4-15(10-16)12-24)20-7-3-6-19(22(18)20)23(25)27/h2-11H,13-14H2,1H3,(H2,25,27). The van der Waals surface area contributed by atoms with E-state index in [9.17, 15) is 10.1 Å². The molecular weight excluding hydrogens is 350 g/mol. The van der Waals surface area contributed by atoms with Gasteiger partial charge in [0.15, 0.2) is 0 Å². The Morgan fingerprint density at radius 1 is 1.07 bits per heavy atom. The number of carbonyl (C=O) groups excluding carboxylic acids is 1. The van der Waals surface area contributed by atoms with Crippen LogP contribution in [0.25, 0.3) is 21.8 Å². The monoisotopic (exact) mass is 369 g/mol. The average Bonchev–Trinajstić information content (AvgIpc) is 3.01. The number of ether oxygens (including phenoxy) is 1. The summed E-state index contributed by atoms with van der Waals surface area (Å²) in [6.45, 7) is 1.08. The fourth-order valence-corrected chi connectivity index (χ4v) is 3.74. The highest BCUT2D eigenvalue weighted by Crippen LogP contribution is 2.33. The third kappa shape index (κ3) is 3.00. The summed E-state index contributed by atoms with van der Waals surface area (Å²) in [5.74, 6) is -0.447. The highest BCUT2D eigenvalue weighted by molar-refractivity contribution is 6.17. The van der Waals surface area contributed by atoms with Crippen molar-refractivity contribution in [3.8, 4) is 6.07 Å². The van der Waals surface area contributed by atoms with Crippen LogP contribution >= 0.6 is 0 Å². The van der Waals surface area contributed by atoms with E-state index in [1.165, 1.54) is 0 Å². The summed E-state index contributed by atoms with van der Waals surface area (Å²) in [5.41, 5.74) is 10.8. The molecule has 0 aliphatic carbocycles. The Balaban J connectivity index is 2.01. The minimum atomic E-state index is -0.447. The van der Waals surface area contributed by atoms with Crippen molar-refractivity contribution in [3.63, 3.8) is 0 Å². The molecule has 0 fully saturated rings. The summed E-state index contributed by atoms with van der Waals surface area (Å²) in [7, 11) is 1.67. The fraction of sp³-hybridized carbons (Fsp3) is 0.130. The predicted molar refractivity (Wildman–Crippen MR) is 109 cm³/mol. The molecule has 0 unspecified atom stereocenters. The number of benzene rings is 3. The highest BCUT2D eigenvalue weighted by atomic mass is 16.5. The van der Waals surface area contributed by atoms with Gasteiger partial charge in [-0.15, -0.1) is 0 Å². The van der Waals surface area contributed by atoms with Crippen molar-refractivity contribution in [1.29, 1.82) is 5.26 Å². The maximum absolute atomic E-state index is 12.0. The number of hydrogen-bond donors (Lipinski definition) is 1. The van der Waals surface area contributed by atoms with Gasteiger partial charge in [-0.2, -0.15) is 5.26 Å². The zero-order valence-corrected chi connectivity index (χ0v) is 15.5. The van der Waals surface area contributed by atoms with Gasteiger partial charge in [0, 0.05) is 35.5 Å². The zero-order valence-electron chi connectivity index (χ0n) is 15.5. The number of nitriles is 1. The predicted octanol–water partition coefficient (Wildman–Crippen LogP) is 3.96. The van der Waals surface area contributed by atoms with Crippen LogP contribution in [0.1, 0.15) is 27.0 Å². The molecule has 1 heterocycles. The van der Waals surface area contributed by atoms with Crippen molar-refractivity contribution in [1.82, 2.24) is 4.57 Å². The molecule has 0 atom stereocenters. The lowest BCUT2D eigenvalue weighted by atomic mass is 10.0. The molecule has 0 saturated heterocycles. The van der Waals surface area contributed by atoms with Crippen LogP contribution in [-0.2, 0) is 17.9 Å². The van der Waals surface area contributed by atoms with Gasteiger partial charge in [-0.3, -0.25) is 4.79 Å².